The molecule has 0 bridgehead atoms. The molecule has 1 amide bonds. The van der Waals surface area contributed by atoms with E-state index in [1.54, 1.807) is 30.8 Å². The zero-order chi connectivity index (χ0) is 19.6. The number of carbonyl (C=O) groups is 1. The van der Waals surface area contributed by atoms with Gasteiger partial charge >= 0.3 is 0 Å². The highest BCUT2D eigenvalue weighted by Gasteiger charge is 2.22. The van der Waals surface area contributed by atoms with Crippen molar-refractivity contribution in [2.45, 2.75) is 26.8 Å². The van der Waals surface area contributed by atoms with Crippen molar-refractivity contribution >= 4 is 5.91 Å². The first kappa shape index (κ1) is 18.6. The van der Waals surface area contributed by atoms with Crippen molar-refractivity contribution in [2.75, 3.05) is 7.11 Å². The minimum atomic E-state index is -0.316. The summed E-state index contributed by atoms with van der Waals surface area (Å²) >= 11 is 0. The lowest BCUT2D eigenvalue weighted by molar-refractivity contribution is 0.0938. The van der Waals surface area contributed by atoms with E-state index < -0.39 is 0 Å². The lowest BCUT2D eigenvalue weighted by Gasteiger charge is -2.17. The maximum absolute atomic E-state index is 13.2. The third-order valence-corrected chi connectivity index (χ3v) is 4.54. The van der Waals surface area contributed by atoms with Crippen LogP contribution in [0.15, 0.2) is 48.5 Å². The SMILES string of the molecule is COc1ccccc1C(C)NC(=O)c1c(C)nn(-c2ccc(F)cc2)c1C. The molecule has 5 nitrogen and oxygen atoms in total. The lowest BCUT2D eigenvalue weighted by Crippen LogP contribution is -2.27. The second kappa shape index (κ2) is 7.61. The lowest BCUT2D eigenvalue weighted by atomic mass is 10.1. The number of nitrogens with zero attached hydrogens (tertiary/aromatic N) is 2. The number of amides is 1. The second-order valence-electron chi connectivity index (χ2n) is 6.37. The van der Waals surface area contributed by atoms with Crippen LogP contribution >= 0.6 is 0 Å². The molecule has 6 heteroatoms. The number of nitrogens with one attached hydrogen (secondary N) is 1. The minimum Gasteiger partial charge on any atom is -0.496 e. The summed E-state index contributed by atoms with van der Waals surface area (Å²) < 4.78 is 20.2. The Kier molecular flexibility index (Phi) is 5.26. The largest absolute Gasteiger partial charge is 0.496 e. The molecule has 0 aliphatic heterocycles. The Morgan fingerprint density at radius 3 is 2.48 bits per heavy atom. The standard InChI is InChI=1S/C21H22FN3O2/c1-13(18-7-5-6-8-19(18)27-4)23-21(26)20-14(2)24-25(15(20)3)17-11-9-16(22)10-12-17/h5-13H,1-4H3,(H,23,26). The van der Waals surface area contributed by atoms with Gasteiger partial charge in [0.05, 0.1) is 35.8 Å². The Balaban J connectivity index is 1.88. The molecular weight excluding hydrogens is 345 g/mol. The number of halogens is 1. The molecule has 1 aromatic heterocycles. The Morgan fingerprint density at radius 2 is 1.81 bits per heavy atom. The number of rotatable bonds is 5. The van der Waals surface area contributed by atoms with Crippen molar-refractivity contribution in [1.82, 2.24) is 15.1 Å². The average Bonchev–Trinajstić information content (AvgIpc) is 2.96. The molecule has 0 aliphatic carbocycles. The summed E-state index contributed by atoms with van der Waals surface area (Å²) in [5, 5.41) is 7.46. The van der Waals surface area contributed by atoms with Crippen LogP contribution in [0.5, 0.6) is 5.75 Å². The van der Waals surface area contributed by atoms with Crippen LogP contribution in [0, 0.1) is 19.7 Å². The van der Waals surface area contributed by atoms with Crippen LogP contribution in [-0.2, 0) is 0 Å². The van der Waals surface area contributed by atoms with Crippen LogP contribution in [-0.4, -0.2) is 22.8 Å². The van der Waals surface area contributed by atoms with Gasteiger partial charge in [0.1, 0.15) is 11.6 Å². The molecular formula is C21H22FN3O2. The monoisotopic (exact) mass is 367 g/mol. The number of benzene rings is 2. The molecule has 0 spiro atoms. The molecule has 0 saturated carbocycles. The van der Waals surface area contributed by atoms with E-state index >= 15 is 0 Å². The highest BCUT2D eigenvalue weighted by atomic mass is 19.1. The predicted octanol–water partition coefficient (Wildman–Crippen LogP) is 4.13. The molecule has 1 atom stereocenters. The minimum absolute atomic E-state index is 0.211. The van der Waals surface area contributed by atoms with Gasteiger partial charge in [0.15, 0.2) is 0 Å². The Bertz CT molecular complexity index is 964. The topological polar surface area (TPSA) is 56.1 Å². The van der Waals surface area contributed by atoms with E-state index in [0.29, 0.717) is 22.6 Å². The van der Waals surface area contributed by atoms with E-state index in [4.69, 9.17) is 4.74 Å². The smallest absolute Gasteiger partial charge is 0.255 e. The van der Waals surface area contributed by atoms with Gasteiger partial charge in [-0.2, -0.15) is 5.10 Å². The van der Waals surface area contributed by atoms with Gasteiger partial charge < -0.3 is 10.1 Å². The molecule has 0 aliphatic rings. The summed E-state index contributed by atoms with van der Waals surface area (Å²) in [6.45, 7) is 5.52. The van der Waals surface area contributed by atoms with E-state index in [9.17, 15) is 9.18 Å². The third-order valence-electron chi connectivity index (χ3n) is 4.54. The van der Waals surface area contributed by atoms with Crippen molar-refractivity contribution in [3.63, 3.8) is 0 Å². The first-order chi connectivity index (χ1) is 12.9. The van der Waals surface area contributed by atoms with Crippen molar-refractivity contribution in [3.05, 3.63) is 76.9 Å². The quantitative estimate of drug-likeness (QED) is 0.738. The first-order valence-corrected chi connectivity index (χ1v) is 8.68. The summed E-state index contributed by atoms with van der Waals surface area (Å²) in [7, 11) is 1.61. The van der Waals surface area contributed by atoms with E-state index in [2.05, 4.69) is 10.4 Å². The van der Waals surface area contributed by atoms with Crippen molar-refractivity contribution in [1.29, 1.82) is 0 Å². The van der Waals surface area contributed by atoms with Crippen LogP contribution in [0.1, 0.15) is 40.3 Å². The molecule has 27 heavy (non-hydrogen) atoms. The number of ether oxygens (including phenoxy) is 1. The molecule has 0 saturated heterocycles. The predicted molar refractivity (Wildman–Crippen MR) is 102 cm³/mol. The fraction of sp³-hybridized carbons (Fsp3) is 0.238. The van der Waals surface area contributed by atoms with Gasteiger partial charge in [-0.1, -0.05) is 18.2 Å². The van der Waals surface area contributed by atoms with Gasteiger partial charge in [-0.25, -0.2) is 9.07 Å². The van der Waals surface area contributed by atoms with Gasteiger partial charge in [0.25, 0.3) is 5.91 Å². The Hall–Kier alpha value is -3.15. The first-order valence-electron chi connectivity index (χ1n) is 8.68. The van der Waals surface area contributed by atoms with E-state index in [0.717, 1.165) is 11.3 Å². The second-order valence-corrected chi connectivity index (χ2v) is 6.37. The average molecular weight is 367 g/mol. The molecule has 1 heterocycles. The fourth-order valence-corrected chi connectivity index (χ4v) is 3.18. The van der Waals surface area contributed by atoms with Gasteiger partial charge in [0, 0.05) is 5.56 Å². The van der Waals surface area contributed by atoms with Crippen LogP contribution in [0.4, 0.5) is 4.39 Å². The van der Waals surface area contributed by atoms with Gasteiger partial charge in [-0.15, -0.1) is 0 Å². The number of para-hydroxylation sites is 1. The molecule has 0 radical (unpaired) electrons. The molecule has 2 aromatic carbocycles. The highest BCUT2D eigenvalue weighted by molar-refractivity contribution is 5.96. The normalized spacial score (nSPS) is 11.9. The number of carbonyl (C=O) groups excluding carboxylic acids is 1. The molecule has 140 valence electrons. The van der Waals surface area contributed by atoms with Crippen LogP contribution in [0.2, 0.25) is 0 Å². The fourth-order valence-electron chi connectivity index (χ4n) is 3.18. The van der Waals surface area contributed by atoms with Gasteiger partial charge in [-0.3, -0.25) is 4.79 Å². The number of methoxy groups -OCH3 is 1. The number of hydrogen-bond acceptors (Lipinski definition) is 3. The van der Waals surface area contributed by atoms with E-state index in [1.807, 2.05) is 38.1 Å². The van der Waals surface area contributed by atoms with E-state index in [-0.39, 0.29) is 17.8 Å². The molecule has 3 rings (SSSR count). The summed E-state index contributed by atoms with van der Waals surface area (Å²) in [6, 6.07) is 13.3. The van der Waals surface area contributed by atoms with Crippen molar-refractivity contribution in [2.24, 2.45) is 0 Å². The Labute approximate surface area is 157 Å². The summed E-state index contributed by atoms with van der Waals surface area (Å²) in [4.78, 5) is 12.9. The molecule has 0 fully saturated rings. The van der Waals surface area contributed by atoms with Crippen LogP contribution < -0.4 is 10.1 Å². The summed E-state index contributed by atoms with van der Waals surface area (Å²) in [5.74, 6) is 0.196. The zero-order valence-corrected chi connectivity index (χ0v) is 15.8. The number of aryl methyl sites for hydroxylation is 1. The third kappa shape index (κ3) is 3.69. The van der Waals surface area contributed by atoms with Crippen molar-refractivity contribution in [3.8, 4) is 11.4 Å². The maximum Gasteiger partial charge on any atom is 0.255 e. The van der Waals surface area contributed by atoms with Gasteiger partial charge in [0.2, 0.25) is 0 Å². The zero-order valence-electron chi connectivity index (χ0n) is 15.8. The maximum atomic E-state index is 13.2. The molecule has 1 unspecified atom stereocenters. The summed E-state index contributed by atoms with van der Waals surface area (Å²) in [5.41, 5.74) is 3.43. The van der Waals surface area contributed by atoms with Crippen molar-refractivity contribution < 1.29 is 13.9 Å². The van der Waals surface area contributed by atoms with Crippen LogP contribution in [0.3, 0.4) is 0 Å². The molecule has 1 N–H and O–H groups in total. The number of aromatic nitrogens is 2. The van der Waals surface area contributed by atoms with Gasteiger partial charge in [-0.05, 0) is 51.1 Å². The Morgan fingerprint density at radius 1 is 1.15 bits per heavy atom. The van der Waals surface area contributed by atoms with Crippen LogP contribution in [0.25, 0.3) is 5.69 Å². The number of hydrogen-bond donors (Lipinski definition) is 1. The van der Waals surface area contributed by atoms with E-state index in [1.165, 1.54) is 12.1 Å². The highest BCUT2D eigenvalue weighted by Crippen LogP contribution is 2.25. The molecule has 3 aromatic rings. The summed E-state index contributed by atoms with van der Waals surface area (Å²) in [6.07, 6.45) is 0.